The number of nitrogens with two attached hydrogens (primary N) is 1. The Labute approximate surface area is 176 Å². The van der Waals surface area contributed by atoms with Crippen molar-refractivity contribution < 1.29 is 4.74 Å². The van der Waals surface area contributed by atoms with E-state index >= 15 is 0 Å². The largest absolute Gasteiger partial charge is 0.489 e. The zero-order valence-electron chi connectivity index (χ0n) is 16.8. The van der Waals surface area contributed by atoms with E-state index in [1.54, 1.807) is 11.3 Å². The number of rotatable bonds is 6. The second-order valence-electron chi connectivity index (χ2n) is 7.42. The predicted molar refractivity (Wildman–Crippen MR) is 121 cm³/mol. The molecule has 1 aliphatic rings. The lowest BCUT2D eigenvalue weighted by molar-refractivity contribution is 0.304. The quantitative estimate of drug-likeness (QED) is 0.644. The number of nitrogens with zero attached hydrogens (tertiary/aromatic N) is 2. The molecule has 0 saturated heterocycles. The Morgan fingerprint density at radius 2 is 1.97 bits per heavy atom. The topological polar surface area (TPSA) is 51.4 Å². The summed E-state index contributed by atoms with van der Waals surface area (Å²) in [5.41, 5.74) is 10.5. The summed E-state index contributed by atoms with van der Waals surface area (Å²) in [6.07, 6.45) is 6.46. The summed E-state index contributed by atoms with van der Waals surface area (Å²) in [5.74, 6) is 0.943. The molecule has 0 atom stereocenters. The SMILES string of the molecule is Cc1ccc(C=CCN2CCc3nc(N)sc3CC2)cc1OCc1ccccc1. The number of fused-ring (bicyclic) bond motifs is 1. The summed E-state index contributed by atoms with van der Waals surface area (Å²) in [4.78, 5) is 8.30. The van der Waals surface area contributed by atoms with Gasteiger partial charge in [0.2, 0.25) is 0 Å². The van der Waals surface area contributed by atoms with Gasteiger partial charge in [0, 0.05) is 30.9 Å². The van der Waals surface area contributed by atoms with Crippen LogP contribution in [-0.4, -0.2) is 29.5 Å². The highest BCUT2D eigenvalue weighted by Crippen LogP contribution is 2.24. The van der Waals surface area contributed by atoms with Crippen LogP contribution in [0.1, 0.15) is 27.3 Å². The molecule has 5 heteroatoms. The predicted octanol–water partition coefficient (Wildman–Crippen LogP) is 4.73. The number of hydrogen-bond acceptors (Lipinski definition) is 5. The highest BCUT2D eigenvalue weighted by atomic mass is 32.1. The van der Waals surface area contributed by atoms with Crippen LogP contribution in [0.25, 0.3) is 6.08 Å². The van der Waals surface area contributed by atoms with E-state index in [1.807, 2.05) is 18.2 Å². The van der Waals surface area contributed by atoms with Gasteiger partial charge in [-0.25, -0.2) is 4.98 Å². The highest BCUT2D eigenvalue weighted by Gasteiger charge is 2.16. The summed E-state index contributed by atoms with van der Waals surface area (Å²) in [6, 6.07) is 16.7. The number of anilines is 1. The van der Waals surface area contributed by atoms with Crippen LogP contribution in [0.15, 0.2) is 54.6 Å². The highest BCUT2D eigenvalue weighted by molar-refractivity contribution is 7.15. The van der Waals surface area contributed by atoms with Crippen molar-refractivity contribution in [3.8, 4) is 5.75 Å². The van der Waals surface area contributed by atoms with Crippen molar-refractivity contribution in [2.45, 2.75) is 26.4 Å². The molecular formula is C24H27N3OS. The molecule has 0 unspecified atom stereocenters. The van der Waals surface area contributed by atoms with Crippen molar-refractivity contribution in [1.82, 2.24) is 9.88 Å². The van der Waals surface area contributed by atoms with Crippen molar-refractivity contribution in [3.05, 3.63) is 81.9 Å². The van der Waals surface area contributed by atoms with Crippen LogP contribution in [-0.2, 0) is 19.4 Å². The second-order valence-corrected chi connectivity index (χ2v) is 8.54. The van der Waals surface area contributed by atoms with Crippen LogP contribution in [0.2, 0.25) is 0 Å². The Morgan fingerprint density at radius 1 is 1.14 bits per heavy atom. The molecule has 3 aromatic rings. The van der Waals surface area contributed by atoms with E-state index in [1.165, 1.54) is 21.7 Å². The minimum Gasteiger partial charge on any atom is -0.489 e. The van der Waals surface area contributed by atoms with Gasteiger partial charge in [0.1, 0.15) is 12.4 Å². The van der Waals surface area contributed by atoms with E-state index in [9.17, 15) is 0 Å². The first-order chi connectivity index (χ1) is 14.2. The van der Waals surface area contributed by atoms with Crippen LogP contribution in [0.5, 0.6) is 5.75 Å². The van der Waals surface area contributed by atoms with Gasteiger partial charge in [-0.3, -0.25) is 4.90 Å². The second kappa shape index (κ2) is 9.25. The summed E-state index contributed by atoms with van der Waals surface area (Å²) in [7, 11) is 0. The first-order valence-electron chi connectivity index (χ1n) is 10.1. The Morgan fingerprint density at radius 3 is 2.83 bits per heavy atom. The molecule has 0 amide bonds. The maximum absolute atomic E-state index is 6.05. The lowest BCUT2D eigenvalue weighted by atomic mass is 10.1. The maximum atomic E-state index is 6.05. The van der Waals surface area contributed by atoms with Crippen LogP contribution in [0, 0.1) is 6.92 Å². The minimum atomic E-state index is 0.589. The van der Waals surface area contributed by atoms with E-state index in [0.717, 1.165) is 43.8 Å². The average molecular weight is 406 g/mol. The molecule has 2 aromatic carbocycles. The lowest BCUT2D eigenvalue weighted by Crippen LogP contribution is -2.26. The molecule has 4 rings (SSSR count). The molecule has 0 fully saturated rings. The normalized spacial score (nSPS) is 14.7. The van der Waals surface area contributed by atoms with Crippen molar-refractivity contribution in [2.24, 2.45) is 0 Å². The van der Waals surface area contributed by atoms with Crippen LogP contribution >= 0.6 is 11.3 Å². The number of thiazole rings is 1. The molecule has 2 N–H and O–H groups in total. The van der Waals surface area contributed by atoms with E-state index in [-0.39, 0.29) is 0 Å². The third kappa shape index (κ3) is 5.25. The third-order valence-electron chi connectivity index (χ3n) is 5.24. The molecular weight excluding hydrogens is 378 g/mol. The molecule has 2 heterocycles. The number of benzene rings is 2. The van der Waals surface area contributed by atoms with Gasteiger partial charge in [-0.15, -0.1) is 11.3 Å². The third-order valence-corrected chi connectivity index (χ3v) is 6.22. The fraction of sp³-hybridized carbons (Fsp3) is 0.292. The molecule has 0 radical (unpaired) electrons. The van der Waals surface area contributed by atoms with Gasteiger partial charge < -0.3 is 10.5 Å². The zero-order chi connectivity index (χ0) is 20.1. The first-order valence-corrected chi connectivity index (χ1v) is 10.9. The summed E-state index contributed by atoms with van der Waals surface area (Å²) < 4.78 is 6.05. The molecule has 1 aromatic heterocycles. The van der Waals surface area contributed by atoms with Gasteiger partial charge >= 0.3 is 0 Å². The summed E-state index contributed by atoms with van der Waals surface area (Å²) in [6.45, 7) is 5.70. The van der Waals surface area contributed by atoms with Crippen molar-refractivity contribution >= 4 is 22.5 Å². The van der Waals surface area contributed by atoms with E-state index in [0.29, 0.717) is 11.7 Å². The number of aryl methyl sites for hydroxylation is 1. The first kappa shape index (κ1) is 19.7. The average Bonchev–Trinajstić information content (AvgIpc) is 2.99. The van der Waals surface area contributed by atoms with E-state index in [4.69, 9.17) is 10.5 Å². The Bertz CT molecular complexity index is 956. The van der Waals surface area contributed by atoms with Gasteiger partial charge in [0.15, 0.2) is 5.13 Å². The molecule has 0 aliphatic carbocycles. The lowest BCUT2D eigenvalue weighted by Gasteiger charge is -2.17. The molecule has 0 saturated carbocycles. The Hall–Kier alpha value is -2.63. The van der Waals surface area contributed by atoms with Crippen LogP contribution in [0.4, 0.5) is 5.13 Å². The van der Waals surface area contributed by atoms with E-state index < -0.39 is 0 Å². The standard InChI is InChI=1S/C24H27N3OS/c1-18-9-10-19(16-22(18)28-17-20-6-3-2-4-7-20)8-5-13-27-14-11-21-23(12-15-27)29-24(25)26-21/h2-10,16H,11-15,17H2,1H3,(H2,25,26). The Balaban J connectivity index is 1.33. The molecule has 0 bridgehead atoms. The van der Waals surface area contributed by atoms with E-state index in [2.05, 4.69) is 59.3 Å². The molecule has 4 nitrogen and oxygen atoms in total. The fourth-order valence-corrected chi connectivity index (χ4v) is 4.43. The van der Waals surface area contributed by atoms with Gasteiger partial charge in [0.25, 0.3) is 0 Å². The number of nitrogen functional groups attached to an aromatic ring is 1. The minimum absolute atomic E-state index is 0.589. The fourth-order valence-electron chi connectivity index (χ4n) is 3.56. The van der Waals surface area contributed by atoms with Crippen LogP contribution < -0.4 is 10.5 Å². The smallest absolute Gasteiger partial charge is 0.180 e. The maximum Gasteiger partial charge on any atom is 0.180 e. The van der Waals surface area contributed by atoms with Gasteiger partial charge in [-0.05, 0) is 36.1 Å². The molecule has 1 aliphatic heterocycles. The van der Waals surface area contributed by atoms with Crippen molar-refractivity contribution in [2.75, 3.05) is 25.4 Å². The van der Waals surface area contributed by atoms with Crippen LogP contribution in [0.3, 0.4) is 0 Å². The number of ether oxygens (including phenoxy) is 1. The van der Waals surface area contributed by atoms with Crippen molar-refractivity contribution in [1.29, 1.82) is 0 Å². The Kier molecular flexibility index (Phi) is 6.27. The number of hydrogen-bond donors (Lipinski definition) is 1. The molecule has 29 heavy (non-hydrogen) atoms. The molecule has 0 spiro atoms. The van der Waals surface area contributed by atoms with Crippen molar-refractivity contribution in [3.63, 3.8) is 0 Å². The van der Waals surface area contributed by atoms with Gasteiger partial charge in [-0.2, -0.15) is 0 Å². The van der Waals surface area contributed by atoms with Gasteiger partial charge in [-0.1, -0.05) is 54.6 Å². The summed E-state index contributed by atoms with van der Waals surface area (Å²) in [5, 5.41) is 0.702. The van der Waals surface area contributed by atoms with Gasteiger partial charge in [0.05, 0.1) is 5.69 Å². The monoisotopic (exact) mass is 405 g/mol. The molecule has 150 valence electrons. The zero-order valence-corrected chi connectivity index (χ0v) is 17.6. The summed E-state index contributed by atoms with van der Waals surface area (Å²) >= 11 is 1.64. The number of aromatic nitrogens is 1.